The van der Waals surface area contributed by atoms with Crippen LogP contribution in [0.1, 0.15) is 6.92 Å². The van der Waals surface area contributed by atoms with E-state index in [1.807, 2.05) is 6.92 Å². The lowest BCUT2D eigenvalue weighted by molar-refractivity contribution is -0.118. The van der Waals surface area contributed by atoms with Crippen LogP contribution in [0.5, 0.6) is 0 Å². The van der Waals surface area contributed by atoms with E-state index in [-0.39, 0.29) is 0 Å². The SMILES string of the molecule is CCN(C=O)CCN1CCOCC1. The molecule has 0 N–H and O–H groups in total. The van der Waals surface area contributed by atoms with Gasteiger partial charge in [0.15, 0.2) is 0 Å². The van der Waals surface area contributed by atoms with Crippen molar-refractivity contribution in [2.75, 3.05) is 45.9 Å². The first-order valence-corrected chi connectivity index (χ1v) is 4.86. The zero-order valence-electron chi connectivity index (χ0n) is 8.24. The maximum atomic E-state index is 10.5. The summed E-state index contributed by atoms with van der Waals surface area (Å²) in [7, 11) is 0. The summed E-state index contributed by atoms with van der Waals surface area (Å²) in [5.41, 5.74) is 0. The maximum Gasteiger partial charge on any atom is 0.209 e. The standard InChI is InChI=1S/C9H18N2O2/c1-2-10(9-12)3-4-11-5-7-13-8-6-11/h9H,2-8H2,1H3. The number of morpholine rings is 1. The fourth-order valence-electron chi connectivity index (χ4n) is 1.38. The van der Waals surface area contributed by atoms with Crippen molar-refractivity contribution in [2.24, 2.45) is 0 Å². The van der Waals surface area contributed by atoms with Gasteiger partial charge in [0.2, 0.25) is 6.41 Å². The van der Waals surface area contributed by atoms with Crippen LogP contribution in [-0.2, 0) is 9.53 Å². The molecule has 0 unspecified atom stereocenters. The van der Waals surface area contributed by atoms with Crippen LogP contribution < -0.4 is 0 Å². The number of likely N-dealkylation sites (N-methyl/N-ethyl adjacent to an activating group) is 1. The van der Waals surface area contributed by atoms with Crippen LogP contribution in [0.3, 0.4) is 0 Å². The smallest absolute Gasteiger partial charge is 0.209 e. The zero-order chi connectivity index (χ0) is 9.52. The highest BCUT2D eigenvalue weighted by Gasteiger charge is 2.10. The van der Waals surface area contributed by atoms with Gasteiger partial charge in [-0.05, 0) is 6.92 Å². The van der Waals surface area contributed by atoms with E-state index in [1.165, 1.54) is 0 Å². The molecular weight excluding hydrogens is 168 g/mol. The van der Waals surface area contributed by atoms with E-state index in [9.17, 15) is 4.79 Å². The number of carbonyl (C=O) groups is 1. The molecule has 0 radical (unpaired) electrons. The summed E-state index contributed by atoms with van der Waals surface area (Å²) in [6, 6.07) is 0. The Balaban J connectivity index is 2.12. The molecule has 1 aliphatic heterocycles. The van der Waals surface area contributed by atoms with Gasteiger partial charge in [0.1, 0.15) is 0 Å². The summed E-state index contributed by atoms with van der Waals surface area (Å²) in [6.07, 6.45) is 0.917. The Morgan fingerprint density at radius 2 is 2.15 bits per heavy atom. The summed E-state index contributed by atoms with van der Waals surface area (Å²) < 4.78 is 5.23. The van der Waals surface area contributed by atoms with Gasteiger partial charge in [-0.3, -0.25) is 9.69 Å². The van der Waals surface area contributed by atoms with Gasteiger partial charge in [0.25, 0.3) is 0 Å². The molecule has 1 fully saturated rings. The molecule has 0 aromatic rings. The molecule has 0 bridgehead atoms. The highest BCUT2D eigenvalue weighted by atomic mass is 16.5. The van der Waals surface area contributed by atoms with Gasteiger partial charge in [-0.1, -0.05) is 0 Å². The first-order valence-electron chi connectivity index (χ1n) is 4.86. The molecule has 1 aliphatic rings. The molecule has 1 heterocycles. The Bertz CT molecular complexity index is 147. The Morgan fingerprint density at radius 1 is 1.46 bits per heavy atom. The minimum absolute atomic E-state index is 0.799. The summed E-state index contributed by atoms with van der Waals surface area (Å²) in [4.78, 5) is 14.6. The molecule has 4 nitrogen and oxygen atoms in total. The van der Waals surface area contributed by atoms with Gasteiger partial charge in [-0.25, -0.2) is 0 Å². The summed E-state index contributed by atoms with van der Waals surface area (Å²) in [6.45, 7) is 8.24. The second-order valence-corrected chi connectivity index (χ2v) is 3.19. The Hall–Kier alpha value is -0.610. The molecule has 1 saturated heterocycles. The van der Waals surface area contributed by atoms with Crippen LogP contribution in [0, 0.1) is 0 Å². The van der Waals surface area contributed by atoms with E-state index >= 15 is 0 Å². The van der Waals surface area contributed by atoms with Crippen molar-refractivity contribution < 1.29 is 9.53 Å². The van der Waals surface area contributed by atoms with Crippen LogP contribution in [0.2, 0.25) is 0 Å². The van der Waals surface area contributed by atoms with Gasteiger partial charge in [-0.15, -0.1) is 0 Å². The minimum Gasteiger partial charge on any atom is -0.379 e. The van der Waals surface area contributed by atoms with Crippen LogP contribution in [0.4, 0.5) is 0 Å². The van der Waals surface area contributed by atoms with Crippen molar-refractivity contribution in [1.82, 2.24) is 9.80 Å². The van der Waals surface area contributed by atoms with Crippen molar-refractivity contribution in [3.8, 4) is 0 Å². The normalized spacial score (nSPS) is 18.5. The third-order valence-corrected chi connectivity index (χ3v) is 2.36. The lowest BCUT2D eigenvalue weighted by Crippen LogP contribution is -2.41. The van der Waals surface area contributed by atoms with Crippen LogP contribution >= 0.6 is 0 Å². The number of carbonyl (C=O) groups excluding carboxylic acids is 1. The van der Waals surface area contributed by atoms with E-state index in [2.05, 4.69) is 4.90 Å². The van der Waals surface area contributed by atoms with Crippen LogP contribution in [-0.4, -0.2) is 62.1 Å². The van der Waals surface area contributed by atoms with Crippen molar-refractivity contribution in [2.45, 2.75) is 6.92 Å². The number of nitrogens with zero attached hydrogens (tertiary/aromatic N) is 2. The lowest BCUT2D eigenvalue weighted by atomic mass is 10.4. The van der Waals surface area contributed by atoms with Crippen LogP contribution in [0.25, 0.3) is 0 Å². The molecule has 13 heavy (non-hydrogen) atoms. The van der Waals surface area contributed by atoms with Gasteiger partial charge >= 0.3 is 0 Å². The number of hydrogen-bond donors (Lipinski definition) is 0. The van der Waals surface area contributed by atoms with Gasteiger partial charge in [-0.2, -0.15) is 0 Å². The largest absolute Gasteiger partial charge is 0.379 e. The summed E-state index contributed by atoms with van der Waals surface area (Å²) >= 11 is 0. The summed E-state index contributed by atoms with van der Waals surface area (Å²) in [5, 5.41) is 0. The molecule has 0 aromatic heterocycles. The Kier molecular flexibility index (Phi) is 4.78. The van der Waals surface area contributed by atoms with E-state index in [0.717, 1.165) is 52.3 Å². The number of rotatable bonds is 5. The lowest BCUT2D eigenvalue weighted by Gasteiger charge is -2.28. The fraction of sp³-hybridized carbons (Fsp3) is 0.889. The monoisotopic (exact) mass is 186 g/mol. The molecule has 1 amide bonds. The van der Waals surface area contributed by atoms with Gasteiger partial charge in [0, 0.05) is 32.7 Å². The number of hydrogen-bond acceptors (Lipinski definition) is 3. The molecular formula is C9H18N2O2. The third kappa shape index (κ3) is 3.74. The van der Waals surface area contributed by atoms with Crippen molar-refractivity contribution in [1.29, 1.82) is 0 Å². The number of ether oxygens (including phenoxy) is 1. The first kappa shape index (κ1) is 10.5. The second-order valence-electron chi connectivity index (χ2n) is 3.19. The highest BCUT2D eigenvalue weighted by molar-refractivity contribution is 5.46. The molecule has 0 aliphatic carbocycles. The highest BCUT2D eigenvalue weighted by Crippen LogP contribution is 1.96. The summed E-state index contributed by atoms with van der Waals surface area (Å²) in [5.74, 6) is 0. The van der Waals surface area contributed by atoms with E-state index in [4.69, 9.17) is 4.74 Å². The Labute approximate surface area is 79.4 Å². The predicted octanol–water partition coefficient (Wildman–Crippen LogP) is -0.203. The average molecular weight is 186 g/mol. The molecule has 0 spiro atoms. The number of amides is 1. The quantitative estimate of drug-likeness (QED) is 0.557. The topological polar surface area (TPSA) is 32.8 Å². The third-order valence-electron chi connectivity index (χ3n) is 2.36. The van der Waals surface area contributed by atoms with Crippen molar-refractivity contribution >= 4 is 6.41 Å². The van der Waals surface area contributed by atoms with E-state index < -0.39 is 0 Å². The molecule has 0 aromatic carbocycles. The van der Waals surface area contributed by atoms with Gasteiger partial charge < -0.3 is 9.64 Å². The average Bonchev–Trinajstić information content (AvgIpc) is 2.21. The fourth-order valence-corrected chi connectivity index (χ4v) is 1.38. The Morgan fingerprint density at radius 3 is 2.69 bits per heavy atom. The maximum absolute atomic E-state index is 10.5. The molecule has 4 heteroatoms. The molecule has 0 atom stereocenters. The molecule has 76 valence electrons. The van der Waals surface area contributed by atoms with Crippen molar-refractivity contribution in [3.05, 3.63) is 0 Å². The van der Waals surface area contributed by atoms with Crippen molar-refractivity contribution in [3.63, 3.8) is 0 Å². The van der Waals surface area contributed by atoms with E-state index in [0.29, 0.717) is 0 Å². The molecule has 1 rings (SSSR count). The zero-order valence-corrected chi connectivity index (χ0v) is 8.24. The molecule has 0 saturated carbocycles. The minimum atomic E-state index is 0.799. The van der Waals surface area contributed by atoms with Gasteiger partial charge in [0.05, 0.1) is 13.2 Å². The van der Waals surface area contributed by atoms with E-state index in [1.54, 1.807) is 4.90 Å². The first-order chi connectivity index (χ1) is 6.36. The second kappa shape index (κ2) is 5.94. The van der Waals surface area contributed by atoms with Crippen LogP contribution in [0.15, 0.2) is 0 Å². The predicted molar refractivity (Wildman–Crippen MR) is 50.6 cm³/mol.